The summed E-state index contributed by atoms with van der Waals surface area (Å²) in [4.78, 5) is 21.7. The van der Waals surface area contributed by atoms with E-state index in [9.17, 15) is 14.9 Å². The smallest absolute Gasteiger partial charge is 0.270 e. The van der Waals surface area contributed by atoms with Crippen LogP contribution >= 0.6 is 0 Å². The maximum atomic E-state index is 11.5. The Hall–Kier alpha value is -3.14. The minimum absolute atomic E-state index is 0.0597. The molecule has 0 saturated heterocycles. The molecule has 0 aliphatic rings. The molecule has 0 bridgehead atoms. The van der Waals surface area contributed by atoms with Gasteiger partial charge in [0.1, 0.15) is 6.07 Å². The summed E-state index contributed by atoms with van der Waals surface area (Å²) in [6.07, 6.45) is 2.40. The normalized spacial score (nSPS) is 9.95. The maximum absolute atomic E-state index is 11.5. The number of nitriles is 1. The number of aryl methyl sites for hydroxylation is 1. The number of benzene rings is 1. The summed E-state index contributed by atoms with van der Waals surface area (Å²) in [5.41, 5.74) is 0.605. The zero-order valence-electron chi connectivity index (χ0n) is 11.7. The highest BCUT2D eigenvalue weighted by Crippen LogP contribution is 2.21. The van der Waals surface area contributed by atoms with Crippen molar-refractivity contribution in [3.05, 3.63) is 68.6 Å². The van der Waals surface area contributed by atoms with E-state index in [1.54, 1.807) is 22.9 Å². The molecule has 0 fully saturated rings. The molecule has 0 radical (unpaired) electrons. The number of nitrogens with zero attached hydrogens (tertiary/aromatic N) is 3. The first kappa shape index (κ1) is 15.3. The van der Waals surface area contributed by atoms with E-state index < -0.39 is 4.92 Å². The monoisotopic (exact) mass is 298 g/mol. The molecular formula is C15H14N4O3. The second kappa shape index (κ2) is 7.04. The molecule has 2 rings (SSSR count). The van der Waals surface area contributed by atoms with Crippen molar-refractivity contribution in [2.75, 3.05) is 11.9 Å². The van der Waals surface area contributed by atoms with Crippen molar-refractivity contribution < 1.29 is 4.92 Å². The number of hydrogen-bond donors (Lipinski definition) is 1. The molecule has 112 valence electrons. The van der Waals surface area contributed by atoms with E-state index in [1.165, 1.54) is 24.3 Å². The number of pyridine rings is 1. The summed E-state index contributed by atoms with van der Waals surface area (Å²) in [6, 6.07) is 11.0. The minimum Gasteiger partial charge on any atom is -0.384 e. The largest absolute Gasteiger partial charge is 0.384 e. The Morgan fingerprint density at radius 3 is 2.82 bits per heavy atom. The summed E-state index contributed by atoms with van der Waals surface area (Å²) in [5, 5.41) is 22.8. The molecule has 0 unspecified atom stereocenters. The van der Waals surface area contributed by atoms with Gasteiger partial charge in [-0.3, -0.25) is 14.9 Å². The van der Waals surface area contributed by atoms with Gasteiger partial charge in [0.05, 0.1) is 16.2 Å². The Labute approximate surface area is 126 Å². The van der Waals surface area contributed by atoms with E-state index in [0.29, 0.717) is 25.2 Å². The number of non-ortho nitro benzene ring substituents is 1. The molecule has 0 amide bonds. The van der Waals surface area contributed by atoms with Crippen molar-refractivity contribution in [2.24, 2.45) is 0 Å². The fraction of sp³-hybridized carbons (Fsp3) is 0.200. The summed E-state index contributed by atoms with van der Waals surface area (Å²) in [7, 11) is 0. The molecule has 0 atom stereocenters. The lowest BCUT2D eigenvalue weighted by Crippen LogP contribution is -2.19. The van der Waals surface area contributed by atoms with Gasteiger partial charge in [0, 0.05) is 37.5 Å². The molecule has 0 aliphatic heterocycles. The van der Waals surface area contributed by atoms with Crippen LogP contribution in [0.25, 0.3) is 0 Å². The fourth-order valence-corrected chi connectivity index (χ4v) is 2.01. The van der Waals surface area contributed by atoms with Crippen LogP contribution in [0.1, 0.15) is 12.0 Å². The van der Waals surface area contributed by atoms with Crippen molar-refractivity contribution in [2.45, 2.75) is 13.0 Å². The molecule has 1 aromatic carbocycles. The van der Waals surface area contributed by atoms with Crippen LogP contribution in [0.2, 0.25) is 0 Å². The molecule has 1 aromatic heterocycles. The van der Waals surface area contributed by atoms with Gasteiger partial charge in [-0.25, -0.2) is 0 Å². The molecule has 7 nitrogen and oxygen atoms in total. The maximum Gasteiger partial charge on any atom is 0.270 e. The lowest BCUT2D eigenvalue weighted by molar-refractivity contribution is -0.384. The number of hydrogen-bond acceptors (Lipinski definition) is 5. The number of anilines is 1. The standard InChI is InChI=1S/C15H14N4O3/c16-11-12-10-13(19(21)22)5-6-14(12)17-7-3-9-18-8-2-1-4-15(18)20/h1-2,4-6,8,10,17H,3,7,9H2. The van der Waals surface area contributed by atoms with E-state index in [4.69, 9.17) is 5.26 Å². The van der Waals surface area contributed by atoms with Crippen molar-refractivity contribution in [1.29, 1.82) is 5.26 Å². The first-order valence-electron chi connectivity index (χ1n) is 6.69. The van der Waals surface area contributed by atoms with Crippen LogP contribution in [0, 0.1) is 21.4 Å². The van der Waals surface area contributed by atoms with Gasteiger partial charge in [-0.2, -0.15) is 5.26 Å². The van der Waals surface area contributed by atoms with Gasteiger partial charge < -0.3 is 9.88 Å². The Bertz CT molecular complexity index is 777. The van der Waals surface area contributed by atoms with Crippen molar-refractivity contribution in [3.8, 4) is 6.07 Å². The number of nitro benzene ring substituents is 1. The number of nitro groups is 1. The van der Waals surface area contributed by atoms with Crippen LogP contribution < -0.4 is 10.9 Å². The Morgan fingerprint density at radius 1 is 1.32 bits per heavy atom. The molecule has 22 heavy (non-hydrogen) atoms. The third-order valence-electron chi connectivity index (χ3n) is 3.12. The van der Waals surface area contributed by atoms with Crippen molar-refractivity contribution in [3.63, 3.8) is 0 Å². The predicted molar refractivity (Wildman–Crippen MR) is 81.6 cm³/mol. The van der Waals surface area contributed by atoms with E-state index in [-0.39, 0.29) is 16.8 Å². The van der Waals surface area contributed by atoms with Gasteiger partial charge >= 0.3 is 0 Å². The first-order valence-corrected chi connectivity index (χ1v) is 6.69. The SMILES string of the molecule is N#Cc1cc([N+](=O)[O-])ccc1NCCCn1ccccc1=O. The number of aromatic nitrogens is 1. The average molecular weight is 298 g/mol. The van der Waals surface area contributed by atoms with E-state index in [1.807, 2.05) is 6.07 Å². The second-order valence-corrected chi connectivity index (χ2v) is 4.61. The number of nitrogens with one attached hydrogen (secondary N) is 1. The molecule has 1 N–H and O–H groups in total. The van der Waals surface area contributed by atoms with Gasteiger partial charge in [0.25, 0.3) is 5.69 Å². The Balaban J connectivity index is 1.95. The van der Waals surface area contributed by atoms with Gasteiger partial charge in [-0.05, 0) is 18.6 Å². The summed E-state index contributed by atoms with van der Waals surface area (Å²) < 4.78 is 1.60. The zero-order valence-corrected chi connectivity index (χ0v) is 11.7. The molecular weight excluding hydrogens is 284 g/mol. The lowest BCUT2D eigenvalue weighted by atomic mass is 10.1. The van der Waals surface area contributed by atoms with Crippen LogP contribution in [-0.4, -0.2) is 16.0 Å². The van der Waals surface area contributed by atoms with Crippen LogP contribution in [0.3, 0.4) is 0 Å². The zero-order chi connectivity index (χ0) is 15.9. The average Bonchev–Trinajstić information content (AvgIpc) is 2.53. The highest BCUT2D eigenvalue weighted by molar-refractivity contribution is 5.61. The van der Waals surface area contributed by atoms with Gasteiger partial charge in [-0.15, -0.1) is 0 Å². The second-order valence-electron chi connectivity index (χ2n) is 4.61. The predicted octanol–water partition coefficient (Wildman–Crippen LogP) is 2.13. The minimum atomic E-state index is -0.535. The van der Waals surface area contributed by atoms with E-state index >= 15 is 0 Å². The molecule has 7 heteroatoms. The molecule has 0 saturated carbocycles. The third-order valence-corrected chi connectivity index (χ3v) is 3.12. The highest BCUT2D eigenvalue weighted by atomic mass is 16.6. The molecule has 1 heterocycles. The van der Waals surface area contributed by atoms with Crippen LogP contribution in [0.4, 0.5) is 11.4 Å². The van der Waals surface area contributed by atoms with Crippen LogP contribution in [0.5, 0.6) is 0 Å². The van der Waals surface area contributed by atoms with Gasteiger partial charge in [-0.1, -0.05) is 6.07 Å². The van der Waals surface area contributed by atoms with E-state index in [2.05, 4.69) is 5.32 Å². The van der Waals surface area contributed by atoms with Crippen molar-refractivity contribution in [1.82, 2.24) is 4.57 Å². The van der Waals surface area contributed by atoms with Gasteiger partial charge in [0.15, 0.2) is 0 Å². The summed E-state index contributed by atoms with van der Waals surface area (Å²) >= 11 is 0. The van der Waals surface area contributed by atoms with E-state index in [0.717, 1.165) is 0 Å². The molecule has 0 spiro atoms. The number of rotatable bonds is 6. The van der Waals surface area contributed by atoms with Crippen LogP contribution in [-0.2, 0) is 6.54 Å². The first-order chi connectivity index (χ1) is 10.6. The quantitative estimate of drug-likeness (QED) is 0.500. The lowest BCUT2D eigenvalue weighted by Gasteiger charge is -2.09. The summed E-state index contributed by atoms with van der Waals surface area (Å²) in [6.45, 7) is 1.11. The topological polar surface area (TPSA) is 101 Å². The Morgan fingerprint density at radius 2 is 2.14 bits per heavy atom. The molecule has 2 aromatic rings. The van der Waals surface area contributed by atoms with Crippen molar-refractivity contribution >= 4 is 11.4 Å². The van der Waals surface area contributed by atoms with Gasteiger partial charge in [0.2, 0.25) is 5.56 Å². The fourth-order valence-electron chi connectivity index (χ4n) is 2.01. The highest BCUT2D eigenvalue weighted by Gasteiger charge is 2.10. The summed E-state index contributed by atoms with van der Waals surface area (Å²) in [5.74, 6) is 0. The van der Waals surface area contributed by atoms with Crippen LogP contribution in [0.15, 0.2) is 47.4 Å². The Kier molecular flexibility index (Phi) is 4.88. The third kappa shape index (κ3) is 3.70. The molecule has 0 aliphatic carbocycles.